The van der Waals surface area contributed by atoms with Gasteiger partial charge < -0.3 is 5.73 Å². The van der Waals surface area contributed by atoms with Crippen LogP contribution in [0, 0.1) is 5.82 Å². The van der Waals surface area contributed by atoms with Gasteiger partial charge in [-0.15, -0.1) is 0 Å². The minimum Gasteiger partial charge on any atom is -0.324 e. The molecule has 0 aliphatic carbocycles. The molecule has 2 N–H and O–H groups in total. The van der Waals surface area contributed by atoms with Crippen molar-refractivity contribution in [2.45, 2.75) is 32.7 Å². The largest absolute Gasteiger partial charge is 0.324 e. The van der Waals surface area contributed by atoms with Gasteiger partial charge in [0.2, 0.25) is 0 Å². The average molecular weight is 181 g/mol. The van der Waals surface area contributed by atoms with Gasteiger partial charge in [0.1, 0.15) is 5.82 Å². The molecule has 1 aromatic carbocycles. The zero-order valence-electron chi connectivity index (χ0n) is 8.34. The first kappa shape index (κ1) is 10.2. The highest BCUT2D eigenvalue weighted by Crippen LogP contribution is 2.20. The Hall–Kier alpha value is -0.890. The molecular formula is C11H16FN. The SMILES string of the molecule is CC(C)c1ccc([C@H](C)N)c(F)c1. The molecule has 2 heteroatoms. The van der Waals surface area contributed by atoms with Crippen LogP contribution >= 0.6 is 0 Å². The fraction of sp³-hybridized carbons (Fsp3) is 0.455. The Bertz CT molecular complexity index is 292. The summed E-state index contributed by atoms with van der Waals surface area (Å²) < 4.78 is 13.4. The number of benzene rings is 1. The normalized spacial score (nSPS) is 13.4. The van der Waals surface area contributed by atoms with Crippen LogP contribution in [-0.2, 0) is 0 Å². The number of hydrogen-bond acceptors (Lipinski definition) is 1. The lowest BCUT2D eigenvalue weighted by Gasteiger charge is -2.10. The Morgan fingerprint density at radius 3 is 2.23 bits per heavy atom. The maximum atomic E-state index is 13.4. The van der Waals surface area contributed by atoms with Crippen LogP contribution in [0.25, 0.3) is 0 Å². The van der Waals surface area contributed by atoms with Crippen molar-refractivity contribution in [1.29, 1.82) is 0 Å². The topological polar surface area (TPSA) is 26.0 Å². The van der Waals surface area contributed by atoms with E-state index < -0.39 is 0 Å². The molecule has 0 unspecified atom stereocenters. The van der Waals surface area contributed by atoms with E-state index in [-0.39, 0.29) is 11.9 Å². The van der Waals surface area contributed by atoms with Gasteiger partial charge in [-0.25, -0.2) is 4.39 Å². The Morgan fingerprint density at radius 2 is 1.85 bits per heavy atom. The van der Waals surface area contributed by atoms with Gasteiger partial charge in [0.15, 0.2) is 0 Å². The Labute approximate surface area is 78.8 Å². The third kappa shape index (κ3) is 2.28. The molecule has 0 saturated carbocycles. The van der Waals surface area contributed by atoms with Gasteiger partial charge in [-0.1, -0.05) is 26.0 Å². The summed E-state index contributed by atoms with van der Waals surface area (Å²) in [6.45, 7) is 5.87. The molecule has 0 saturated heterocycles. The molecule has 0 fully saturated rings. The van der Waals surface area contributed by atoms with Crippen LogP contribution in [-0.4, -0.2) is 0 Å². The van der Waals surface area contributed by atoms with Gasteiger partial charge in [0.05, 0.1) is 0 Å². The number of nitrogens with two attached hydrogens (primary N) is 1. The van der Waals surface area contributed by atoms with Crippen LogP contribution in [0.4, 0.5) is 4.39 Å². The summed E-state index contributed by atoms with van der Waals surface area (Å²) in [5.41, 5.74) is 7.20. The Morgan fingerprint density at radius 1 is 1.23 bits per heavy atom. The van der Waals surface area contributed by atoms with E-state index in [1.54, 1.807) is 19.1 Å². The van der Waals surface area contributed by atoms with Gasteiger partial charge in [0, 0.05) is 11.6 Å². The molecule has 0 amide bonds. The second-order valence-electron chi connectivity index (χ2n) is 3.72. The van der Waals surface area contributed by atoms with Crippen LogP contribution < -0.4 is 5.73 Å². The average Bonchev–Trinajstić information content (AvgIpc) is 2.03. The molecule has 0 bridgehead atoms. The molecule has 0 spiro atoms. The van der Waals surface area contributed by atoms with E-state index in [1.165, 1.54) is 0 Å². The maximum absolute atomic E-state index is 13.4. The zero-order valence-corrected chi connectivity index (χ0v) is 8.34. The van der Waals surface area contributed by atoms with E-state index in [0.29, 0.717) is 11.5 Å². The minimum absolute atomic E-state index is 0.193. The van der Waals surface area contributed by atoms with Gasteiger partial charge in [-0.05, 0) is 24.5 Å². The van der Waals surface area contributed by atoms with E-state index in [4.69, 9.17) is 5.73 Å². The van der Waals surface area contributed by atoms with Crippen molar-refractivity contribution in [3.05, 3.63) is 35.1 Å². The van der Waals surface area contributed by atoms with E-state index in [0.717, 1.165) is 5.56 Å². The predicted octanol–water partition coefficient (Wildman–Crippen LogP) is 2.97. The number of halogens is 1. The molecule has 1 nitrogen and oxygen atoms in total. The minimum atomic E-state index is -0.235. The smallest absolute Gasteiger partial charge is 0.128 e. The summed E-state index contributed by atoms with van der Waals surface area (Å²) in [6, 6.07) is 5.05. The lowest BCUT2D eigenvalue weighted by Crippen LogP contribution is -2.07. The third-order valence-electron chi connectivity index (χ3n) is 2.18. The first-order valence-electron chi connectivity index (χ1n) is 4.57. The maximum Gasteiger partial charge on any atom is 0.128 e. The van der Waals surface area contributed by atoms with Crippen LogP contribution in [0.3, 0.4) is 0 Å². The Balaban J connectivity index is 3.06. The fourth-order valence-electron chi connectivity index (χ4n) is 1.27. The summed E-state index contributed by atoms with van der Waals surface area (Å²) in [5.74, 6) is 0.165. The van der Waals surface area contributed by atoms with E-state index >= 15 is 0 Å². The molecule has 0 heterocycles. The van der Waals surface area contributed by atoms with E-state index in [2.05, 4.69) is 0 Å². The molecule has 0 aliphatic heterocycles. The van der Waals surface area contributed by atoms with Crippen molar-refractivity contribution in [3.63, 3.8) is 0 Å². The number of hydrogen-bond donors (Lipinski definition) is 1. The third-order valence-corrected chi connectivity index (χ3v) is 2.18. The summed E-state index contributed by atoms with van der Waals surface area (Å²) in [5, 5.41) is 0. The zero-order chi connectivity index (χ0) is 10.0. The highest BCUT2D eigenvalue weighted by atomic mass is 19.1. The van der Waals surface area contributed by atoms with Crippen molar-refractivity contribution in [2.24, 2.45) is 5.73 Å². The summed E-state index contributed by atoms with van der Waals surface area (Å²) in [7, 11) is 0. The van der Waals surface area contributed by atoms with Crippen LogP contribution in [0.2, 0.25) is 0 Å². The summed E-state index contributed by atoms with van der Waals surface area (Å²) in [4.78, 5) is 0. The predicted molar refractivity (Wildman–Crippen MR) is 53.1 cm³/mol. The molecule has 1 atom stereocenters. The second kappa shape index (κ2) is 3.88. The quantitative estimate of drug-likeness (QED) is 0.745. The van der Waals surface area contributed by atoms with Crippen LogP contribution in [0.5, 0.6) is 0 Å². The fourth-order valence-corrected chi connectivity index (χ4v) is 1.27. The van der Waals surface area contributed by atoms with Crippen molar-refractivity contribution >= 4 is 0 Å². The first-order valence-corrected chi connectivity index (χ1v) is 4.57. The van der Waals surface area contributed by atoms with Crippen molar-refractivity contribution < 1.29 is 4.39 Å². The van der Waals surface area contributed by atoms with Gasteiger partial charge in [0.25, 0.3) is 0 Å². The van der Waals surface area contributed by atoms with Gasteiger partial charge in [-0.2, -0.15) is 0 Å². The van der Waals surface area contributed by atoms with E-state index in [9.17, 15) is 4.39 Å². The molecule has 72 valence electrons. The molecule has 13 heavy (non-hydrogen) atoms. The molecule has 1 aromatic rings. The molecular weight excluding hydrogens is 165 g/mol. The van der Waals surface area contributed by atoms with Gasteiger partial charge >= 0.3 is 0 Å². The molecule has 1 rings (SSSR count). The highest BCUT2D eigenvalue weighted by Gasteiger charge is 2.08. The summed E-state index contributed by atoms with van der Waals surface area (Å²) in [6.07, 6.45) is 0. The summed E-state index contributed by atoms with van der Waals surface area (Å²) >= 11 is 0. The van der Waals surface area contributed by atoms with Gasteiger partial charge in [-0.3, -0.25) is 0 Å². The van der Waals surface area contributed by atoms with Crippen LogP contribution in [0.1, 0.15) is 43.9 Å². The lowest BCUT2D eigenvalue weighted by molar-refractivity contribution is 0.590. The van der Waals surface area contributed by atoms with E-state index in [1.807, 2.05) is 19.9 Å². The van der Waals surface area contributed by atoms with Crippen molar-refractivity contribution in [1.82, 2.24) is 0 Å². The van der Waals surface area contributed by atoms with Crippen molar-refractivity contribution in [2.75, 3.05) is 0 Å². The number of rotatable bonds is 2. The van der Waals surface area contributed by atoms with Crippen molar-refractivity contribution in [3.8, 4) is 0 Å². The standard InChI is InChI=1S/C11H16FN/c1-7(2)9-4-5-10(8(3)13)11(12)6-9/h4-8H,13H2,1-3H3/t8-/m0/s1. The lowest BCUT2D eigenvalue weighted by atomic mass is 9.99. The molecule has 0 aromatic heterocycles. The molecule has 0 radical (unpaired) electrons. The Kier molecular flexibility index (Phi) is 3.04. The monoisotopic (exact) mass is 181 g/mol. The first-order chi connectivity index (χ1) is 6.02. The highest BCUT2D eigenvalue weighted by molar-refractivity contribution is 5.28. The van der Waals surface area contributed by atoms with Crippen LogP contribution in [0.15, 0.2) is 18.2 Å². The molecule has 0 aliphatic rings. The second-order valence-corrected chi connectivity index (χ2v) is 3.72.